The number of amides is 3. The number of hydrogen-bond acceptors (Lipinski definition) is 2. The van der Waals surface area contributed by atoms with Gasteiger partial charge >= 0.3 is 6.03 Å². The van der Waals surface area contributed by atoms with Gasteiger partial charge in [-0.1, -0.05) is 25.7 Å². The van der Waals surface area contributed by atoms with Crippen LogP contribution in [0.15, 0.2) is 0 Å². The highest BCUT2D eigenvalue weighted by Gasteiger charge is 2.35. The lowest BCUT2D eigenvalue weighted by Gasteiger charge is -2.38. The van der Waals surface area contributed by atoms with Crippen LogP contribution in [0.4, 0.5) is 4.79 Å². The van der Waals surface area contributed by atoms with Gasteiger partial charge in [-0.15, -0.1) is 0 Å². The second kappa shape index (κ2) is 6.88. The number of carbonyl (C=O) groups is 2. The Morgan fingerprint density at radius 2 is 1.82 bits per heavy atom. The van der Waals surface area contributed by atoms with Crippen molar-refractivity contribution in [1.82, 2.24) is 10.2 Å². The Labute approximate surface area is 133 Å². The highest BCUT2D eigenvalue weighted by atomic mass is 16.2. The maximum atomic E-state index is 12.4. The lowest BCUT2D eigenvalue weighted by molar-refractivity contribution is -0.127. The summed E-state index contributed by atoms with van der Waals surface area (Å²) < 4.78 is 0. The largest absolute Gasteiger partial charge is 0.356 e. The van der Waals surface area contributed by atoms with E-state index in [0.29, 0.717) is 19.0 Å². The van der Waals surface area contributed by atoms with Gasteiger partial charge in [-0.3, -0.25) is 4.79 Å². The maximum Gasteiger partial charge on any atom is 0.314 e. The van der Waals surface area contributed by atoms with E-state index >= 15 is 0 Å². The van der Waals surface area contributed by atoms with Crippen molar-refractivity contribution < 1.29 is 9.59 Å². The number of nitrogens with zero attached hydrogens (tertiary/aromatic N) is 1. The molecule has 0 radical (unpaired) electrons. The summed E-state index contributed by atoms with van der Waals surface area (Å²) in [5, 5.41) is 3.13. The van der Waals surface area contributed by atoms with Crippen LogP contribution in [0.5, 0.6) is 0 Å². The smallest absolute Gasteiger partial charge is 0.314 e. The molecular weight excluding hydrogens is 278 g/mol. The number of fused-ring (bicyclic) bond motifs is 1. The van der Waals surface area contributed by atoms with Gasteiger partial charge in [0.25, 0.3) is 0 Å². The predicted molar refractivity (Wildman–Crippen MR) is 85.1 cm³/mol. The molecule has 2 saturated carbocycles. The second-order valence-corrected chi connectivity index (χ2v) is 7.50. The number of nitrogens with one attached hydrogen (secondary N) is 1. The van der Waals surface area contributed by atoms with Crippen molar-refractivity contribution >= 4 is 11.9 Å². The van der Waals surface area contributed by atoms with Crippen molar-refractivity contribution in [3.8, 4) is 0 Å². The summed E-state index contributed by atoms with van der Waals surface area (Å²) in [6, 6.07) is -0.343. The van der Waals surface area contributed by atoms with Crippen molar-refractivity contribution in [2.75, 3.05) is 19.6 Å². The maximum absolute atomic E-state index is 12.4. The summed E-state index contributed by atoms with van der Waals surface area (Å²) >= 11 is 0. The molecule has 3 fully saturated rings. The van der Waals surface area contributed by atoms with Gasteiger partial charge in [0.2, 0.25) is 5.91 Å². The van der Waals surface area contributed by atoms with Gasteiger partial charge in [0.1, 0.15) is 0 Å². The van der Waals surface area contributed by atoms with Gasteiger partial charge in [-0.2, -0.15) is 0 Å². The first-order chi connectivity index (χ1) is 10.6. The molecule has 1 aliphatic heterocycles. The highest BCUT2D eigenvalue weighted by molar-refractivity contribution is 5.78. The van der Waals surface area contributed by atoms with Gasteiger partial charge in [0.05, 0.1) is 0 Å². The van der Waals surface area contributed by atoms with E-state index in [1.165, 1.54) is 32.1 Å². The van der Waals surface area contributed by atoms with E-state index in [0.717, 1.165) is 37.6 Å². The number of rotatable bonds is 3. The van der Waals surface area contributed by atoms with Crippen LogP contribution in [-0.4, -0.2) is 36.5 Å². The van der Waals surface area contributed by atoms with E-state index in [1.807, 2.05) is 0 Å². The minimum atomic E-state index is -0.343. The van der Waals surface area contributed by atoms with Gasteiger partial charge < -0.3 is 16.0 Å². The molecule has 0 spiro atoms. The lowest BCUT2D eigenvalue weighted by Crippen LogP contribution is -2.40. The summed E-state index contributed by atoms with van der Waals surface area (Å²) in [4.78, 5) is 25.2. The molecule has 3 amide bonds. The molecular formula is C17H29N3O2. The summed E-state index contributed by atoms with van der Waals surface area (Å²) in [5.74, 6) is 2.49. The molecule has 5 heteroatoms. The summed E-state index contributed by atoms with van der Waals surface area (Å²) in [5.41, 5.74) is 5.29. The fourth-order valence-corrected chi connectivity index (χ4v) is 4.70. The Morgan fingerprint density at radius 3 is 2.55 bits per heavy atom. The Bertz CT molecular complexity index is 426. The zero-order valence-electron chi connectivity index (χ0n) is 13.4. The van der Waals surface area contributed by atoms with Gasteiger partial charge in [0.15, 0.2) is 0 Å². The Hall–Kier alpha value is -1.26. The highest BCUT2D eigenvalue weighted by Crippen LogP contribution is 2.42. The van der Waals surface area contributed by atoms with Crippen molar-refractivity contribution in [2.45, 2.75) is 51.4 Å². The average Bonchev–Trinajstić information content (AvgIpc) is 3.01. The summed E-state index contributed by atoms with van der Waals surface area (Å²) in [7, 11) is 0. The molecule has 0 bridgehead atoms. The molecule has 4 atom stereocenters. The number of carbonyl (C=O) groups excluding carboxylic acids is 2. The first-order valence-electron chi connectivity index (χ1n) is 8.95. The summed E-state index contributed by atoms with van der Waals surface area (Å²) in [6.07, 6.45) is 9.77. The van der Waals surface area contributed by atoms with Gasteiger partial charge in [-0.25, -0.2) is 4.79 Å². The normalized spacial score (nSPS) is 35.0. The minimum absolute atomic E-state index is 0.216. The first kappa shape index (κ1) is 15.6. The second-order valence-electron chi connectivity index (χ2n) is 7.50. The third-order valence-corrected chi connectivity index (χ3v) is 6.07. The molecule has 0 unspecified atom stereocenters. The number of hydrogen-bond donors (Lipinski definition) is 2. The molecule has 22 heavy (non-hydrogen) atoms. The fourth-order valence-electron chi connectivity index (χ4n) is 4.70. The van der Waals surface area contributed by atoms with E-state index in [4.69, 9.17) is 5.73 Å². The van der Waals surface area contributed by atoms with Crippen molar-refractivity contribution in [2.24, 2.45) is 29.4 Å². The van der Waals surface area contributed by atoms with Crippen LogP contribution in [0.25, 0.3) is 0 Å². The molecule has 5 nitrogen and oxygen atoms in total. The zero-order chi connectivity index (χ0) is 15.5. The van der Waals surface area contributed by atoms with Crippen LogP contribution >= 0.6 is 0 Å². The minimum Gasteiger partial charge on any atom is -0.356 e. The quantitative estimate of drug-likeness (QED) is 0.838. The Balaban J connectivity index is 1.42. The number of urea groups is 1. The van der Waals surface area contributed by atoms with E-state index < -0.39 is 0 Å². The monoisotopic (exact) mass is 307 g/mol. The number of primary amides is 1. The fraction of sp³-hybridized carbons (Fsp3) is 0.882. The Kier molecular flexibility index (Phi) is 4.89. The topological polar surface area (TPSA) is 75.4 Å². The summed E-state index contributed by atoms with van der Waals surface area (Å²) in [6.45, 7) is 2.10. The predicted octanol–water partition coefficient (Wildman–Crippen LogP) is 2.11. The molecule has 124 valence electrons. The number of likely N-dealkylation sites (tertiary alicyclic amines) is 1. The molecule has 3 aliphatic rings. The molecule has 0 aromatic heterocycles. The molecule has 3 N–H and O–H groups in total. The van der Waals surface area contributed by atoms with E-state index in [1.54, 1.807) is 4.90 Å². The third kappa shape index (κ3) is 3.55. The van der Waals surface area contributed by atoms with Crippen LogP contribution < -0.4 is 11.1 Å². The van der Waals surface area contributed by atoms with Crippen molar-refractivity contribution in [3.05, 3.63) is 0 Å². The molecule has 0 aromatic carbocycles. The Morgan fingerprint density at radius 1 is 1.05 bits per heavy atom. The van der Waals surface area contributed by atoms with Crippen LogP contribution in [0.2, 0.25) is 0 Å². The molecule has 1 saturated heterocycles. The number of nitrogens with two attached hydrogens (primary N) is 1. The van der Waals surface area contributed by atoms with Crippen LogP contribution in [0.3, 0.4) is 0 Å². The molecule has 1 heterocycles. The first-order valence-corrected chi connectivity index (χ1v) is 8.95. The lowest BCUT2D eigenvalue weighted by atomic mass is 9.67. The van der Waals surface area contributed by atoms with Gasteiger partial charge in [-0.05, 0) is 43.4 Å². The van der Waals surface area contributed by atoms with E-state index in [9.17, 15) is 9.59 Å². The molecule has 2 aliphatic carbocycles. The standard InChI is InChI=1S/C17H29N3O2/c18-17(22)20-8-7-12(11-20)10-19-16(21)15-6-5-13-3-1-2-4-14(13)9-15/h12-15H,1-11H2,(H2,18,22)(H,19,21)/t12-,13+,14-,15-/m1/s1. The van der Waals surface area contributed by atoms with Crippen LogP contribution in [-0.2, 0) is 4.79 Å². The SMILES string of the molecule is NC(=O)N1CC[C@H](CNC(=O)[C@@H]2CC[C@@H]3CCCC[C@@H]3C2)C1. The molecule has 3 rings (SSSR count). The third-order valence-electron chi connectivity index (χ3n) is 6.07. The molecule has 0 aromatic rings. The van der Waals surface area contributed by atoms with E-state index in [-0.39, 0.29) is 17.9 Å². The van der Waals surface area contributed by atoms with Crippen LogP contribution in [0, 0.1) is 23.7 Å². The van der Waals surface area contributed by atoms with Gasteiger partial charge in [0, 0.05) is 25.6 Å². The van der Waals surface area contributed by atoms with Crippen LogP contribution in [0.1, 0.15) is 51.4 Å². The van der Waals surface area contributed by atoms with E-state index in [2.05, 4.69) is 5.32 Å². The zero-order valence-corrected chi connectivity index (χ0v) is 13.4. The van der Waals surface area contributed by atoms with Crippen molar-refractivity contribution in [3.63, 3.8) is 0 Å². The average molecular weight is 307 g/mol. The van der Waals surface area contributed by atoms with Crippen molar-refractivity contribution in [1.29, 1.82) is 0 Å².